The molecule has 0 atom stereocenters. The quantitative estimate of drug-likeness (QED) is 0.635. The van der Waals surface area contributed by atoms with Crippen LogP contribution in [0.4, 0.5) is 5.95 Å². The molecule has 0 radical (unpaired) electrons. The predicted octanol–water partition coefficient (Wildman–Crippen LogP) is 2.06. The van der Waals surface area contributed by atoms with Crippen molar-refractivity contribution in [2.45, 2.75) is 38.9 Å². The van der Waals surface area contributed by atoms with Crippen molar-refractivity contribution in [2.24, 2.45) is 0 Å². The lowest BCUT2D eigenvalue weighted by Gasteiger charge is -2.28. The number of aromatic amines is 1. The van der Waals surface area contributed by atoms with E-state index in [0.29, 0.717) is 13.1 Å². The van der Waals surface area contributed by atoms with Crippen LogP contribution in [0.5, 0.6) is 0 Å². The van der Waals surface area contributed by atoms with Gasteiger partial charge in [-0.25, -0.2) is 4.98 Å². The second kappa shape index (κ2) is 8.19. The normalized spacial score (nSPS) is 16.6. The van der Waals surface area contributed by atoms with Crippen molar-refractivity contribution in [3.8, 4) is 0 Å². The number of benzene rings is 1. The van der Waals surface area contributed by atoms with Crippen LogP contribution >= 0.6 is 0 Å². The van der Waals surface area contributed by atoms with Gasteiger partial charge in [-0.1, -0.05) is 18.2 Å². The average Bonchev–Trinajstić information content (AvgIpc) is 3.43. The van der Waals surface area contributed by atoms with E-state index in [1.165, 1.54) is 7.11 Å². The number of hydrogen-bond acceptors (Lipinski definition) is 6. The molecule has 0 amide bonds. The molecule has 162 valence electrons. The maximum Gasteiger partial charge on any atom is 0.325 e. The Bertz CT molecular complexity index is 1180. The molecule has 0 bridgehead atoms. The van der Waals surface area contributed by atoms with E-state index in [-0.39, 0.29) is 18.1 Å². The minimum Gasteiger partial charge on any atom is -0.468 e. The fourth-order valence-corrected chi connectivity index (χ4v) is 4.71. The number of carbonyl (C=O) groups is 1. The maximum atomic E-state index is 12.8. The zero-order chi connectivity index (χ0) is 21.4. The number of methoxy groups -OCH3 is 1. The highest BCUT2D eigenvalue weighted by Gasteiger charge is 2.24. The molecule has 0 unspecified atom stereocenters. The third kappa shape index (κ3) is 3.83. The number of para-hydroxylation sites is 1. The van der Waals surface area contributed by atoms with Gasteiger partial charge in [-0.3, -0.25) is 19.5 Å². The largest absolute Gasteiger partial charge is 0.468 e. The van der Waals surface area contributed by atoms with Crippen molar-refractivity contribution >= 4 is 22.8 Å². The summed E-state index contributed by atoms with van der Waals surface area (Å²) in [6.07, 6.45) is 5.09. The smallest absolute Gasteiger partial charge is 0.325 e. The van der Waals surface area contributed by atoms with E-state index in [4.69, 9.17) is 9.72 Å². The highest BCUT2D eigenvalue weighted by Crippen LogP contribution is 2.25. The Morgan fingerprint density at radius 3 is 2.81 bits per heavy atom. The lowest BCUT2D eigenvalue weighted by molar-refractivity contribution is -0.141. The number of nitrogens with zero attached hydrogens (tertiary/aromatic N) is 4. The van der Waals surface area contributed by atoms with Gasteiger partial charge in [0.15, 0.2) is 0 Å². The van der Waals surface area contributed by atoms with Gasteiger partial charge in [0.05, 0.1) is 18.4 Å². The van der Waals surface area contributed by atoms with E-state index in [1.807, 2.05) is 29.0 Å². The number of rotatable bonds is 5. The first-order valence-electron chi connectivity index (χ1n) is 10.9. The molecule has 1 N–H and O–H groups in total. The van der Waals surface area contributed by atoms with E-state index < -0.39 is 0 Å². The summed E-state index contributed by atoms with van der Waals surface area (Å²) >= 11 is 0. The van der Waals surface area contributed by atoms with Gasteiger partial charge in [-0.05, 0) is 24.5 Å². The fraction of sp³-hybridized carbons (Fsp3) is 0.435. The zero-order valence-corrected chi connectivity index (χ0v) is 17.8. The number of ether oxygens (including phenoxy) is 1. The first-order valence-corrected chi connectivity index (χ1v) is 10.9. The number of aromatic nitrogens is 3. The van der Waals surface area contributed by atoms with Crippen LogP contribution in [0.1, 0.15) is 29.7 Å². The highest BCUT2D eigenvalue weighted by atomic mass is 16.5. The van der Waals surface area contributed by atoms with Gasteiger partial charge in [0.1, 0.15) is 6.54 Å². The Hall–Kier alpha value is -3.13. The molecule has 0 saturated carbocycles. The summed E-state index contributed by atoms with van der Waals surface area (Å²) in [6.45, 7) is 4.24. The molecule has 31 heavy (non-hydrogen) atoms. The molecule has 1 aromatic carbocycles. The molecule has 2 aromatic heterocycles. The van der Waals surface area contributed by atoms with E-state index in [1.54, 1.807) is 0 Å². The SMILES string of the molecule is COC(=O)Cn1cc(CN2CCc3nc(N4CCCC4)[nH]c(=O)c3C2)c2ccccc21. The molecule has 4 heterocycles. The average molecular weight is 422 g/mol. The van der Waals surface area contributed by atoms with Gasteiger partial charge in [0.25, 0.3) is 5.56 Å². The van der Waals surface area contributed by atoms with Gasteiger partial charge < -0.3 is 14.2 Å². The number of anilines is 1. The molecule has 5 rings (SSSR count). The highest BCUT2D eigenvalue weighted by molar-refractivity contribution is 5.85. The first-order chi connectivity index (χ1) is 15.1. The molecule has 0 spiro atoms. The van der Waals surface area contributed by atoms with Gasteiger partial charge in [-0.15, -0.1) is 0 Å². The van der Waals surface area contributed by atoms with Crippen molar-refractivity contribution in [2.75, 3.05) is 31.6 Å². The number of fused-ring (bicyclic) bond motifs is 2. The Morgan fingerprint density at radius 2 is 2.00 bits per heavy atom. The predicted molar refractivity (Wildman–Crippen MR) is 118 cm³/mol. The van der Waals surface area contributed by atoms with E-state index >= 15 is 0 Å². The van der Waals surface area contributed by atoms with Crippen molar-refractivity contribution in [1.29, 1.82) is 0 Å². The van der Waals surface area contributed by atoms with Crippen molar-refractivity contribution < 1.29 is 9.53 Å². The van der Waals surface area contributed by atoms with Crippen LogP contribution in [0, 0.1) is 0 Å². The van der Waals surface area contributed by atoms with Crippen LogP contribution in [0.15, 0.2) is 35.3 Å². The Morgan fingerprint density at radius 1 is 1.19 bits per heavy atom. The number of esters is 1. The number of nitrogens with one attached hydrogen (secondary N) is 1. The van der Waals surface area contributed by atoms with E-state index in [9.17, 15) is 9.59 Å². The van der Waals surface area contributed by atoms with Crippen molar-refractivity contribution in [1.82, 2.24) is 19.4 Å². The van der Waals surface area contributed by atoms with Crippen LogP contribution in [-0.4, -0.2) is 52.1 Å². The molecule has 1 fully saturated rings. The van der Waals surface area contributed by atoms with Gasteiger partial charge in [0.2, 0.25) is 5.95 Å². The first kappa shape index (κ1) is 19.8. The Kier molecular flexibility index (Phi) is 5.23. The van der Waals surface area contributed by atoms with Gasteiger partial charge in [0, 0.05) is 56.2 Å². The van der Waals surface area contributed by atoms with Gasteiger partial charge >= 0.3 is 5.97 Å². The van der Waals surface area contributed by atoms with Crippen LogP contribution in [0.3, 0.4) is 0 Å². The summed E-state index contributed by atoms with van der Waals surface area (Å²) in [5.41, 5.74) is 3.82. The maximum absolute atomic E-state index is 12.8. The fourth-order valence-electron chi connectivity index (χ4n) is 4.71. The van der Waals surface area contributed by atoms with Crippen LogP contribution in [0.25, 0.3) is 10.9 Å². The summed E-state index contributed by atoms with van der Waals surface area (Å²) in [5, 5.41) is 1.12. The number of H-pyrrole nitrogens is 1. The minimum absolute atomic E-state index is 0.0234. The summed E-state index contributed by atoms with van der Waals surface area (Å²) in [7, 11) is 1.40. The minimum atomic E-state index is -0.273. The molecular formula is C23H27N5O3. The van der Waals surface area contributed by atoms with Crippen LogP contribution in [-0.2, 0) is 35.6 Å². The Labute approximate surface area is 180 Å². The van der Waals surface area contributed by atoms with E-state index in [2.05, 4.69) is 20.9 Å². The molecule has 8 heteroatoms. The molecular weight excluding hydrogens is 394 g/mol. The lowest BCUT2D eigenvalue weighted by Crippen LogP contribution is -2.36. The number of hydrogen-bond donors (Lipinski definition) is 1. The standard InChI is InChI=1S/C23H27N5O3/c1-31-21(29)15-28-13-16(17-6-2-3-7-20(17)28)12-26-11-8-19-18(14-26)22(30)25-23(24-19)27-9-4-5-10-27/h2-3,6-7,13H,4-5,8-12,14-15H2,1H3,(H,24,25,30). The third-order valence-electron chi connectivity index (χ3n) is 6.33. The molecule has 1 saturated heterocycles. The summed E-state index contributed by atoms with van der Waals surface area (Å²) in [4.78, 5) is 36.9. The van der Waals surface area contributed by atoms with Crippen LogP contribution < -0.4 is 10.5 Å². The summed E-state index contributed by atoms with van der Waals surface area (Å²) in [5.74, 6) is 0.450. The van der Waals surface area contributed by atoms with Crippen molar-refractivity contribution in [3.63, 3.8) is 0 Å². The van der Waals surface area contributed by atoms with Gasteiger partial charge in [-0.2, -0.15) is 0 Å². The molecule has 8 nitrogen and oxygen atoms in total. The second-order valence-corrected chi connectivity index (χ2v) is 8.35. The number of carbonyl (C=O) groups excluding carboxylic acids is 1. The van der Waals surface area contributed by atoms with Crippen molar-refractivity contribution in [3.05, 3.63) is 57.6 Å². The molecule has 3 aromatic rings. The topological polar surface area (TPSA) is 83.5 Å². The molecule has 2 aliphatic rings. The third-order valence-corrected chi connectivity index (χ3v) is 6.33. The van der Waals surface area contributed by atoms with Crippen LogP contribution in [0.2, 0.25) is 0 Å². The second-order valence-electron chi connectivity index (χ2n) is 8.35. The Balaban J connectivity index is 1.38. The monoisotopic (exact) mass is 421 g/mol. The lowest BCUT2D eigenvalue weighted by atomic mass is 10.1. The molecule has 2 aliphatic heterocycles. The zero-order valence-electron chi connectivity index (χ0n) is 17.8. The summed E-state index contributed by atoms with van der Waals surface area (Å²) < 4.78 is 6.78. The molecule has 0 aliphatic carbocycles. The van der Waals surface area contributed by atoms with E-state index in [0.717, 1.165) is 72.6 Å². The summed E-state index contributed by atoms with van der Waals surface area (Å²) in [6, 6.07) is 8.07.